The molecule has 0 spiro atoms. The van der Waals surface area contributed by atoms with Crippen LogP contribution in [0.5, 0.6) is 23.0 Å². The van der Waals surface area contributed by atoms with Gasteiger partial charge in [0.15, 0.2) is 11.5 Å². The van der Waals surface area contributed by atoms with Gasteiger partial charge in [-0.1, -0.05) is 47.5 Å². The molecule has 0 aliphatic carbocycles. The summed E-state index contributed by atoms with van der Waals surface area (Å²) in [7, 11) is 3.06. The number of para-hydroxylation sites is 1. The Morgan fingerprint density at radius 2 is 1.86 bits per heavy atom. The SMILES string of the molecule is COc1cccc(C2C(C#N)=C(N)Oc3cc(OC(=O)c4sc5cccc(Cl)c5c4Cl)ccc32)c1OC. The van der Waals surface area contributed by atoms with Crippen LogP contribution in [0.15, 0.2) is 66.1 Å². The zero-order valence-corrected chi connectivity index (χ0v) is 21.8. The molecule has 1 aliphatic rings. The van der Waals surface area contributed by atoms with Gasteiger partial charge >= 0.3 is 5.97 Å². The van der Waals surface area contributed by atoms with Crippen LogP contribution in [0.3, 0.4) is 0 Å². The summed E-state index contributed by atoms with van der Waals surface area (Å²) >= 11 is 13.9. The third-order valence-electron chi connectivity index (χ3n) is 5.94. The summed E-state index contributed by atoms with van der Waals surface area (Å²) in [4.78, 5) is 13.2. The third-order valence-corrected chi connectivity index (χ3v) is 7.88. The zero-order valence-electron chi connectivity index (χ0n) is 19.5. The van der Waals surface area contributed by atoms with Gasteiger partial charge in [-0.25, -0.2) is 4.79 Å². The van der Waals surface area contributed by atoms with Gasteiger partial charge in [-0.3, -0.25) is 0 Å². The molecular formula is C27H18Cl2N2O5S. The van der Waals surface area contributed by atoms with Gasteiger partial charge in [-0.15, -0.1) is 11.3 Å². The van der Waals surface area contributed by atoms with E-state index in [4.69, 9.17) is 47.9 Å². The molecule has 0 amide bonds. The molecule has 3 aromatic carbocycles. The van der Waals surface area contributed by atoms with Crippen LogP contribution in [-0.2, 0) is 0 Å². The minimum absolute atomic E-state index is 0.0597. The summed E-state index contributed by atoms with van der Waals surface area (Å²) < 4.78 is 23.2. The molecule has 0 radical (unpaired) electrons. The van der Waals surface area contributed by atoms with Crippen LogP contribution in [-0.4, -0.2) is 20.2 Å². The molecule has 1 aromatic heterocycles. The quantitative estimate of drug-likeness (QED) is 0.218. The standard InChI is InChI=1S/C27H18Cl2N2O5S/c1-33-18-7-3-5-15(24(18)34-2)21-14-10-9-13(11-19(14)36-26(31)16(21)12-30)35-27(32)25-23(29)22-17(28)6-4-8-20(22)37-25/h3-11,21H,31H2,1-2H3. The van der Waals surface area contributed by atoms with Gasteiger partial charge in [0, 0.05) is 27.3 Å². The molecule has 37 heavy (non-hydrogen) atoms. The molecule has 0 fully saturated rings. The number of hydrogen-bond donors (Lipinski definition) is 1. The van der Waals surface area contributed by atoms with Gasteiger partial charge in [0.25, 0.3) is 0 Å². The van der Waals surface area contributed by atoms with Crippen LogP contribution in [0.2, 0.25) is 10.0 Å². The number of nitrogens with two attached hydrogens (primary N) is 1. The Morgan fingerprint density at radius 1 is 1.08 bits per heavy atom. The molecule has 10 heteroatoms. The van der Waals surface area contributed by atoms with E-state index in [1.54, 1.807) is 42.5 Å². The zero-order chi connectivity index (χ0) is 26.3. The van der Waals surface area contributed by atoms with Gasteiger partial charge < -0.3 is 24.7 Å². The number of nitrogens with zero attached hydrogens (tertiary/aromatic N) is 1. The Labute approximate surface area is 226 Å². The second-order valence-corrected chi connectivity index (χ2v) is 9.79. The van der Waals surface area contributed by atoms with Crippen molar-refractivity contribution in [3.63, 3.8) is 0 Å². The number of thiophene rings is 1. The summed E-state index contributed by atoms with van der Waals surface area (Å²) in [5, 5.41) is 11.2. The predicted octanol–water partition coefficient (Wildman–Crippen LogP) is 6.66. The van der Waals surface area contributed by atoms with E-state index < -0.39 is 11.9 Å². The van der Waals surface area contributed by atoms with Crippen LogP contribution in [0.1, 0.15) is 26.7 Å². The molecule has 1 atom stereocenters. The number of hydrogen-bond acceptors (Lipinski definition) is 8. The Bertz CT molecular complexity index is 1640. The Kier molecular flexibility index (Phi) is 6.61. The number of ether oxygens (including phenoxy) is 4. The molecule has 4 aromatic rings. The predicted molar refractivity (Wildman–Crippen MR) is 142 cm³/mol. The van der Waals surface area contributed by atoms with E-state index >= 15 is 0 Å². The Balaban J connectivity index is 1.53. The lowest BCUT2D eigenvalue weighted by molar-refractivity contribution is 0.0740. The van der Waals surface area contributed by atoms with Crippen LogP contribution >= 0.6 is 34.5 Å². The summed E-state index contributed by atoms with van der Waals surface area (Å²) in [6.45, 7) is 0. The summed E-state index contributed by atoms with van der Waals surface area (Å²) in [5.74, 6) is 0.241. The normalized spacial score (nSPS) is 14.5. The van der Waals surface area contributed by atoms with Gasteiger partial charge in [0.05, 0.1) is 30.2 Å². The number of allylic oxidation sites excluding steroid dienone is 1. The number of carbonyl (C=O) groups excluding carboxylic acids is 1. The van der Waals surface area contributed by atoms with E-state index in [-0.39, 0.29) is 27.1 Å². The number of esters is 1. The topological polar surface area (TPSA) is 104 Å². The summed E-state index contributed by atoms with van der Waals surface area (Å²) in [6.07, 6.45) is 0. The van der Waals surface area contributed by atoms with Crippen LogP contribution in [0, 0.1) is 11.3 Å². The molecular weight excluding hydrogens is 535 g/mol. The summed E-state index contributed by atoms with van der Waals surface area (Å²) in [5.41, 5.74) is 7.67. The number of benzene rings is 3. The molecule has 5 rings (SSSR count). The highest BCUT2D eigenvalue weighted by Gasteiger charge is 2.34. The number of nitriles is 1. The molecule has 186 valence electrons. The van der Waals surface area contributed by atoms with Crippen molar-refractivity contribution in [2.75, 3.05) is 14.2 Å². The maximum Gasteiger partial charge on any atom is 0.355 e. The molecule has 2 N–H and O–H groups in total. The minimum atomic E-state index is -0.634. The fraction of sp³-hybridized carbons (Fsp3) is 0.111. The number of methoxy groups -OCH3 is 2. The average Bonchev–Trinajstić information content (AvgIpc) is 3.24. The van der Waals surface area contributed by atoms with E-state index in [1.807, 2.05) is 12.1 Å². The minimum Gasteiger partial charge on any atom is -0.493 e. The van der Waals surface area contributed by atoms with Crippen molar-refractivity contribution in [1.29, 1.82) is 5.26 Å². The molecule has 0 saturated carbocycles. The molecule has 1 unspecified atom stereocenters. The number of halogens is 2. The lowest BCUT2D eigenvalue weighted by Crippen LogP contribution is -2.21. The van der Waals surface area contributed by atoms with E-state index in [2.05, 4.69) is 6.07 Å². The van der Waals surface area contributed by atoms with Crippen molar-refractivity contribution in [3.05, 3.63) is 92.1 Å². The molecule has 0 bridgehead atoms. The van der Waals surface area contributed by atoms with Crippen molar-refractivity contribution in [1.82, 2.24) is 0 Å². The lowest BCUT2D eigenvalue weighted by Gasteiger charge is -2.28. The monoisotopic (exact) mass is 552 g/mol. The highest BCUT2D eigenvalue weighted by atomic mass is 35.5. The third kappa shape index (κ3) is 4.21. The van der Waals surface area contributed by atoms with E-state index in [0.717, 1.165) is 4.70 Å². The van der Waals surface area contributed by atoms with Crippen molar-refractivity contribution < 1.29 is 23.7 Å². The first-order valence-corrected chi connectivity index (χ1v) is 12.5. The van der Waals surface area contributed by atoms with Crippen molar-refractivity contribution >= 4 is 50.6 Å². The molecule has 0 saturated heterocycles. The maximum absolute atomic E-state index is 13.0. The first kappa shape index (κ1) is 24.8. The van der Waals surface area contributed by atoms with Crippen LogP contribution in [0.25, 0.3) is 10.1 Å². The Hall–Kier alpha value is -3.90. The maximum atomic E-state index is 13.0. The second-order valence-electron chi connectivity index (χ2n) is 7.95. The highest BCUT2D eigenvalue weighted by molar-refractivity contribution is 7.21. The largest absolute Gasteiger partial charge is 0.493 e. The summed E-state index contributed by atoms with van der Waals surface area (Å²) in [6, 6.07) is 17.7. The van der Waals surface area contributed by atoms with E-state index in [9.17, 15) is 10.1 Å². The highest BCUT2D eigenvalue weighted by Crippen LogP contribution is 2.48. The molecule has 2 heterocycles. The molecule has 7 nitrogen and oxygen atoms in total. The fourth-order valence-corrected chi connectivity index (χ4v) is 6.14. The van der Waals surface area contributed by atoms with Gasteiger partial charge in [0.1, 0.15) is 28.0 Å². The van der Waals surface area contributed by atoms with Gasteiger partial charge in [-0.05, 0) is 24.3 Å². The van der Waals surface area contributed by atoms with E-state index in [0.29, 0.717) is 38.8 Å². The lowest BCUT2D eigenvalue weighted by atomic mass is 9.83. The van der Waals surface area contributed by atoms with Crippen molar-refractivity contribution in [2.24, 2.45) is 5.73 Å². The van der Waals surface area contributed by atoms with E-state index in [1.165, 1.54) is 25.6 Å². The molecule has 1 aliphatic heterocycles. The Morgan fingerprint density at radius 3 is 2.57 bits per heavy atom. The average molecular weight is 553 g/mol. The fourth-order valence-electron chi connectivity index (χ4n) is 4.31. The van der Waals surface area contributed by atoms with Crippen molar-refractivity contribution in [3.8, 4) is 29.1 Å². The smallest absolute Gasteiger partial charge is 0.355 e. The first-order valence-electron chi connectivity index (χ1n) is 10.9. The van der Waals surface area contributed by atoms with Gasteiger partial charge in [-0.2, -0.15) is 5.26 Å². The van der Waals surface area contributed by atoms with Crippen LogP contribution < -0.4 is 24.7 Å². The van der Waals surface area contributed by atoms with Crippen LogP contribution in [0.4, 0.5) is 0 Å². The second kappa shape index (κ2) is 9.87. The number of fused-ring (bicyclic) bond motifs is 2. The van der Waals surface area contributed by atoms with Gasteiger partial charge in [0.2, 0.25) is 5.88 Å². The number of rotatable bonds is 5. The number of carbonyl (C=O) groups is 1. The van der Waals surface area contributed by atoms with Crippen molar-refractivity contribution in [2.45, 2.75) is 5.92 Å². The first-order chi connectivity index (χ1) is 17.9.